The van der Waals surface area contributed by atoms with Crippen molar-refractivity contribution in [2.75, 3.05) is 66.1 Å². The fourth-order valence-corrected chi connectivity index (χ4v) is 2.47. The number of ether oxygens (including phenoxy) is 4. The second-order valence-electron chi connectivity index (χ2n) is 10.5. The highest BCUT2D eigenvalue weighted by Crippen LogP contribution is 2.37. The predicted molar refractivity (Wildman–Crippen MR) is 109 cm³/mol. The van der Waals surface area contributed by atoms with Gasteiger partial charge in [0.05, 0.1) is 52.9 Å². The van der Waals surface area contributed by atoms with E-state index in [1.807, 2.05) is 0 Å². The molecule has 0 aliphatic heterocycles. The summed E-state index contributed by atoms with van der Waals surface area (Å²) in [5.41, 5.74) is -3.35. The zero-order valence-corrected chi connectivity index (χ0v) is 20.9. The lowest BCUT2D eigenvalue weighted by Gasteiger charge is -2.32. The summed E-state index contributed by atoms with van der Waals surface area (Å²) in [7, 11) is 0. The number of aliphatic hydroxyl groups is 2. The van der Waals surface area contributed by atoms with Crippen LogP contribution >= 0.6 is 0 Å². The first kappa shape index (κ1) is 36.1. The third kappa shape index (κ3) is 12.6. The molecule has 2 N–H and O–H groups in total. The Morgan fingerprint density at radius 2 is 0.676 bits per heavy atom. The van der Waals surface area contributed by atoms with E-state index in [0.29, 0.717) is 0 Å². The maximum Gasteiger partial charge on any atom is 0.455 e. The van der Waals surface area contributed by atoms with Gasteiger partial charge in [-0.15, -0.1) is 0 Å². The largest absolute Gasteiger partial charge is 0.455 e. The van der Waals surface area contributed by atoms with Crippen molar-refractivity contribution in [1.82, 2.24) is 0 Å². The van der Waals surface area contributed by atoms with Crippen molar-refractivity contribution in [2.45, 2.75) is 51.9 Å². The van der Waals surface area contributed by atoms with Gasteiger partial charge in [0.1, 0.15) is 13.2 Å². The van der Waals surface area contributed by atoms with E-state index in [4.69, 9.17) is 9.47 Å². The lowest BCUT2D eigenvalue weighted by molar-refractivity contribution is -0.298. The molecule has 37 heavy (non-hydrogen) atoms. The summed E-state index contributed by atoms with van der Waals surface area (Å²) in [5.74, 6) is -10.1. The van der Waals surface area contributed by atoms with Crippen LogP contribution in [0.1, 0.15) is 27.7 Å². The van der Waals surface area contributed by atoms with Gasteiger partial charge in [0, 0.05) is 16.2 Å². The van der Waals surface area contributed by atoms with E-state index >= 15 is 0 Å². The first-order valence-electron chi connectivity index (χ1n) is 10.9. The molecule has 0 amide bonds. The van der Waals surface area contributed by atoms with Crippen molar-refractivity contribution in [1.29, 1.82) is 0 Å². The summed E-state index contributed by atoms with van der Waals surface area (Å²) in [5, 5.41) is 19.0. The van der Waals surface area contributed by atoms with Crippen LogP contribution in [0.2, 0.25) is 0 Å². The minimum absolute atomic E-state index is 0.0502. The van der Waals surface area contributed by atoms with Crippen molar-refractivity contribution in [2.24, 2.45) is 16.2 Å². The van der Waals surface area contributed by atoms with E-state index in [9.17, 15) is 54.1 Å². The molecule has 2 unspecified atom stereocenters. The highest BCUT2D eigenvalue weighted by atomic mass is 19.4. The maximum absolute atomic E-state index is 13.0. The van der Waals surface area contributed by atoms with Gasteiger partial charge in [0.2, 0.25) is 0 Å². The zero-order valence-electron chi connectivity index (χ0n) is 20.9. The minimum Gasteiger partial charge on any atom is -0.396 e. The molecular weight excluding hydrogens is 538 g/mol. The summed E-state index contributed by atoms with van der Waals surface area (Å²) in [6, 6.07) is 0. The van der Waals surface area contributed by atoms with Crippen LogP contribution in [0.4, 0.5) is 43.9 Å². The summed E-state index contributed by atoms with van der Waals surface area (Å²) >= 11 is 0. The number of rotatable bonds is 18. The summed E-state index contributed by atoms with van der Waals surface area (Å²) in [4.78, 5) is 0. The lowest BCUT2D eigenvalue weighted by Crippen LogP contribution is -2.43. The number of aliphatic hydroxyl groups excluding tert-OH is 2. The third-order valence-corrected chi connectivity index (χ3v) is 4.95. The van der Waals surface area contributed by atoms with Crippen molar-refractivity contribution >= 4 is 0 Å². The molecule has 16 heteroatoms. The van der Waals surface area contributed by atoms with Crippen LogP contribution in [0.5, 0.6) is 0 Å². The standard InChI is InChI=1S/C21H34F10O6/c1-15(2,7-34-9-16(3,5-32)11-36-13-18(22,23)20(26,27)28)8-35-10-17(4,6-33)12-37-14-19(24,25)21(29,30)31/h32-33H,5-14H2,1-4H3. The summed E-state index contributed by atoms with van der Waals surface area (Å²) in [6.45, 7) is -1.12. The van der Waals surface area contributed by atoms with E-state index in [0.717, 1.165) is 0 Å². The average molecular weight is 572 g/mol. The van der Waals surface area contributed by atoms with E-state index in [1.54, 1.807) is 13.8 Å². The third-order valence-electron chi connectivity index (χ3n) is 4.95. The molecule has 0 aliphatic carbocycles. The first-order chi connectivity index (χ1) is 16.4. The maximum atomic E-state index is 13.0. The smallest absolute Gasteiger partial charge is 0.396 e. The Morgan fingerprint density at radius 1 is 0.432 bits per heavy atom. The van der Waals surface area contributed by atoms with Crippen LogP contribution in [0.15, 0.2) is 0 Å². The van der Waals surface area contributed by atoms with Crippen LogP contribution in [0.25, 0.3) is 0 Å². The Balaban J connectivity index is 4.61. The molecule has 0 aromatic carbocycles. The fraction of sp³-hybridized carbons (Fsp3) is 1.00. The van der Waals surface area contributed by atoms with Crippen molar-refractivity contribution in [3.63, 3.8) is 0 Å². The zero-order chi connectivity index (χ0) is 29.4. The number of hydrogen-bond acceptors (Lipinski definition) is 6. The molecule has 0 saturated heterocycles. The quantitative estimate of drug-likeness (QED) is 0.236. The van der Waals surface area contributed by atoms with Gasteiger partial charge in [-0.2, -0.15) is 43.9 Å². The van der Waals surface area contributed by atoms with Gasteiger partial charge in [-0.1, -0.05) is 27.7 Å². The van der Waals surface area contributed by atoms with E-state index in [-0.39, 0.29) is 26.4 Å². The van der Waals surface area contributed by atoms with E-state index in [2.05, 4.69) is 9.47 Å². The SMILES string of the molecule is CC(C)(COCC(C)(CO)COCC(F)(F)C(F)(F)F)COCC(C)(CO)COCC(F)(F)C(F)(F)F. The topological polar surface area (TPSA) is 77.4 Å². The van der Waals surface area contributed by atoms with Crippen LogP contribution in [0.3, 0.4) is 0 Å². The van der Waals surface area contributed by atoms with E-state index in [1.165, 1.54) is 13.8 Å². The molecule has 0 fully saturated rings. The predicted octanol–water partition coefficient (Wildman–Crippen LogP) is 4.47. The van der Waals surface area contributed by atoms with Gasteiger partial charge < -0.3 is 29.2 Å². The van der Waals surface area contributed by atoms with Gasteiger partial charge in [-0.25, -0.2) is 0 Å². The lowest BCUT2D eigenvalue weighted by atomic mass is 9.92. The monoisotopic (exact) mass is 572 g/mol. The summed E-state index contributed by atoms with van der Waals surface area (Å²) in [6.07, 6.45) is -11.6. The normalized spacial score (nSPS) is 17.5. The van der Waals surface area contributed by atoms with Gasteiger partial charge in [0.25, 0.3) is 0 Å². The fourth-order valence-electron chi connectivity index (χ4n) is 2.47. The molecule has 0 saturated carbocycles. The second kappa shape index (κ2) is 13.4. The molecule has 2 atom stereocenters. The second-order valence-corrected chi connectivity index (χ2v) is 10.5. The Kier molecular flexibility index (Phi) is 13.1. The molecule has 0 spiro atoms. The van der Waals surface area contributed by atoms with Gasteiger partial charge >= 0.3 is 24.2 Å². The van der Waals surface area contributed by atoms with Gasteiger partial charge in [-0.3, -0.25) is 0 Å². The van der Waals surface area contributed by atoms with Crippen molar-refractivity contribution < 1.29 is 73.1 Å². The van der Waals surface area contributed by atoms with Crippen LogP contribution in [-0.2, 0) is 18.9 Å². The number of alkyl halides is 10. The Hall–Kier alpha value is -0.940. The average Bonchev–Trinajstić information content (AvgIpc) is 2.71. The molecule has 224 valence electrons. The summed E-state index contributed by atoms with van der Waals surface area (Å²) < 4.78 is 145. The molecule has 0 aromatic heterocycles. The molecular formula is C21H34F10O6. The molecule has 0 heterocycles. The molecule has 0 bridgehead atoms. The highest BCUT2D eigenvalue weighted by Gasteiger charge is 2.58. The van der Waals surface area contributed by atoms with Crippen LogP contribution in [-0.4, -0.2) is 100 Å². The van der Waals surface area contributed by atoms with Crippen LogP contribution < -0.4 is 0 Å². The number of hydrogen-bond donors (Lipinski definition) is 2. The molecule has 6 nitrogen and oxygen atoms in total. The Morgan fingerprint density at radius 3 is 0.892 bits per heavy atom. The molecule has 0 rings (SSSR count). The molecule has 0 aromatic rings. The highest BCUT2D eigenvalue weighted by molar-refractivity contribution is 4.80. The van der Waals surface area contributed by atoms with Crippen molar-refractivity contribution in [3.8, 4) is 0 Å². The number of halogens is 10. The molecule has 0 aliphatic rings. The first-order valence-corrected chi connectivity index (χ1v) is 10.9. The molecule has 0 radical (unpaired) electrons. The van der Waals surface area contributed by atoms with Crippen molar-refractivity contribution in [3.05, 3.63) is 0 Å². The van der Waals surface area contributed by atoms with Gasteiger partial charge in [0.15, 0.2) is 0 Å². The van der Waals surface area contributed by atoms with Crippen LogP contribution in [0, 0.1) is 16.2 Å². The Labute approximate surface area is 208 Å². The van der Waals surface area contributed by atoms with E-state index < -0.39 is 80.1 Å². The minimum atomic E-state index is -5.78. The Bertz CT molecular complexity index is 617. The van der Waals surface area contributed by atoms with Gasteiger partial charge in [-0.05, 0) is 0 Å².